The molecule has 0 aromatic carbocycles. The normalized spacial score (nSPS) is 23.0. The average molecular weight is 198 g/mol. The number of likely N-dealkylation sites (tertiary alicyclic amines) is 1. The highest BCUT2D eigenvalue weighted by molar-refractivity contribution is 6.00. The summed E-state index contributed by atoms with van der Waals surface area (Å²) in [6, 6.07) is -0.464. The number of carbonyl (C=O) groups excluding carboxylic acids is 2. The highest BCUT2D eigenvalue weighted by atomic mass is 16.2. The van der Waals surface area contributed by atoms with Crippen LogP contribution in [0.25, 0.3) is 0 Å². The van der Waals surface area contributed by atoms with Gasteiger partial charge in [-0.3, -0.25) is 14.5 Å². The third kappa shape index (κ3) is 2.54. The van der Waals surface area contributed by atoms with Crippen LogP contribution >= 0.6 is 0 Å². The lowest BCUT2D eigenvalue weighted by Crippen LogP contribution is -2.51. The average Bonchev–Trinajstić information content (AvgIpc) is 2.18. The standard InChI is InChI=1S/C10H18N2O2/c1-2-3-4-7-12-9(13)6-5-8(11)10(12)14/h8H,2-7,11H2,1H3. The van der Waals surface area contributed by atoms with Crippen molar-refractivity contribution in [1.29, 1.82) is 0 Å². The van der Waals surface area contributed by atoms with E-state index in [4.69, 9.17) is 5.73 Å². The zero-order chi connectivity index (χ0) is 10.6. The van der Waals surface area contributed by atoms with Crippen LogP contribution in [0.15, 0.2) is 0 Å². The Bertz CT molecular complexity index is 228. The van der Waals surface area contributed by atoms with E-state index >= 15 is 0 Å². The number of amides is 2. The number of rotatable bonds is 4. The van der Waals surface area contributed by atoms with Crippen molar-refractivity contribution >= 4 is 11.8 Å². The fourth-order valence-corrected chi connectivity index (χ4v) is 1.62. The second kappa shape index (κ2) is 5.10. The lowest BCUT2D eigenvalue weighted by atomic mass is 10.0. The van der Waals surface area contributed by atoms with Gasteiger partial charge in [0.15, 0.2) is 0 Å². The lowest BCUT2D eigenvalue weighted by molar-refractivity contribution is -0.149. The molecule has 1 saturated heterocycles. The molecule has 4 heteroatoms. The highest BCUT2D eigenvalue weighted by Crippen LogP contribution is 2.12. The summed E-state index contributed by atoms with van der Waals surface area (Å²) in [4.78, 5) is 24.2. The minimum absolute atomic E-state index is 0.0622. The molecule has 1 rings (SSSR count). The number of carbonyl (C=O) groups is 2. The minimum atomic E-state index is -0.464. The van der Waals surface area contributed by atoms with Crippen molar-refractivity contribution in [3.8, 4) is 0 Å². The summed E-state index contributed by atoms with van der Waals surface area (Å²) >= 11 is 0. The molecule has 4 nitrogen and oxygen atoms in total. The molecule has 80 valence electrons. The fraction of sp³-hybridized carbons (Fsp3) is 0.800. The van der Waals surface area contributed by atoms with Crippen molar-refractivity contribution in [2.24, 2.45) is 5.73 Å². The zero-order valence-corrected chi connectivity index (χ0v) is 8.66. The number of imide groups is 1. The van der Waals surface area contributed by atoms with E-state index < -0.39 is 6.04 Å². The third-order valence-corrected chi connectivity index (χ3v) is 2.54. The van der Waals surface area contributed by atoms with Crippen LogP contribution in [0.5, 0.6) is 0 Å². The van der Waals surface area contributed by atoms with E-state index in [1.807, 2.05) is 0 Å². The fourth-order valence-electron chi connectivity index (χ4n) is 1.62. The summed E-state index contributed by atoms with van der Waals surface area (Å²) in [5, 5.41) is 0. The predicted octanol–water partition coefficient (Wildman–Crippen LogP) is 0.653. The molecule has 0 aromatic rings. The van der Waals surface area contributed by atoms with Crippen LogP contribution in [0.2, 0.25) is 0 Å². The summed E-state index contributed by atoms with van der Waals surface area (Å²) in [6.45, 7) is 2.63. The molecule has 1 atom stereocenters. The molecule has 2 amide bonds. The Hall–Kier alpha value is -0.900. The summed E-state index contributed by atoms with van der Waals surface area (Å²) in [5.41, 5.74) is 5.59. The molecule has 0 aliphatic carbocycles. The SMILES string of the molecule is CCCCCN1C(=O)CCC(N)C1=O. The van der Waals surface area contributed by atoms with Crippen LogP contribution in [0, 0.1) is 0 Å². The number of nitrogens with two attached hydrogens (primary N) is 1. The molecule has 2 N–H and O–H groups in total. The molecule has 14 heavy (non-hydrogen) atoms. The van der Waals surface area contributed by atoms with E-state index in [0.717, 1.165) is 19.3 Å². The molecular weight excluding hydrogens is 180 g/mol. The number of nitrogens with zero attached hydrogens (tertiary/aromatic N) is 1. The van der Waals surface area contributed by atoms with Crippen LogP contribution in [-0.2, 0) is 9.59 Å². The monoisotopic (exact) mass is 198 g/mol. The summed E-state index contributed by atoms with van der Waals surface area (Å²) in [6.07, 6.45) is 3.94. The van der Waals surface area contributed by atoms with Crippen molar-refractivity contribution in [3.05, 3.63) is 0 Å². The molecular formula is C10H18N2O2. The number of hydrogen-bond donors (Lipinski definition) is 1. The molecule has 1 aliphatic heterocycles. The molecule has 0 bridgehead atoms. The zero-order valence-electron chi connectivity index (χ0n) is 8.66. The molecule has 0 aromatic heterocycles. The molecule has 0 spiro atoms. The van der Waals surface area contributed by atoms with Crippen molar-refractivity contribution in [3.63, 3.8) is 0 Å². The van der Waals surface area contributed by atoms with Crippen molar-refractivity contribution in [1.82, 2.24) is 4.90 Å². The minimum Gasteiger partial charge on any atom is -0.320 e. The van der Waals surface area contributed by atoms with Crippen LogP contribution in [-0.4, -0.2) is 29.3 Å². The third-order valence-electron chi connectivity index (χ3n) is 2.54. The van der Waals surface area contributed by atoms with Gasteiger partial charge in [-0.15, -0.1) is 0 Å². The van der Waals surface area contributed by atoms with Gasteiger partial charge in [-0.25, -0.2) is 0 Å². The highest BCUT2D eigenvalue weighted by Gasteiger charge is 2.31. The van der Waals surface area contributed by atoms with Crippen LogP contribution in [0.3, 0.4) is 0 Å². The molecule has 1 fully saturated rings. The first kappa shape index (κ1) is 11.2. The Morgan fingerprint density at radius 1 is 1.43 bits per heavy atom. The maximum absolute atomic E-state index is 11.5. The molecule has 0 radical (unpaired) electrons. The van der Waals surface area contributed by atoms with Gasteiger partial charge >= 0.3 is 0 Å². The second-order valence-electron chi connectivity index (χ2n) is 3.74. The van der Waals surface area contributed by atoms with Gasteiger partial charge in [-0.05, 0) is 12.8 Å². The summed E-state index contributed by atoms with van der Waals surface area (Å²) in [5.74, 6) is -0.259. The van der Waals surface area contributed by atoms with E-state index in [-0.39, 0.29) is 11.8 Å². The topological polar surface area (TPSA) is 63.4 Å². The number of piperidine rings is 1. The molecule has 0 saturated carbocycles. The Morgan fingerprint density at radius 2 is 2.14 bits per heavy atom. The van der Waals surface area contributed by atoms with Gasteiger partial charge in [0.05, 0.1) is 6.04 Å². The molecule has 1 aliphatic rings. The quantitative estimate of drug-likeness (QED) is 0.533. The van der Waals surface area contributed by atoms with Gasteiger partial charge in [-0.1, -0.05) is 19.8 Å². The Labute approximate surface area is 84.4 Å². The van der Waals surface area contributed by atoms with E-state index in [0.29, 0.717) is 19.4 Å². The van der Waals surface area contributed by atoms with E-state index in [1.165, 1.54) is 4.90 Å². The van der Waals surface area contributed by atoms with Gasteiger partial charge in [0.1, 0.15) is 0 Å². The van der Waals surface area contributed by atoms with Gasteiger partial charge in [0, 0.05) is 13.0 Å². The van der Waals surface area contributed by atoms with Gasteiger partial charge in [0.25, 0.3) is 0 Å². The Balaban J connectivity index is 2.46. The summed E-state index contributed by atoms with van der Waals surface area (Å²) in [7, 11) is 0. The van der Waals surface area contributed by atoms with Gasteiger partial charge in [-0.2, -0.15) is 0 Å². The van der Waals surface area contributed by atoms with E-state index in [9.17, 15) is 9.59 Å². The van der Waals surface area contributed by atoms with Crippen molar-refractivity contribution < 1.29 is 9.59 Å². The van der Waals surface area contributed by atoms with Gasteiger partial charge in [0.2, 0.25) is 11.8 Å². The van der Waals surface area contributed by atoms with E-state index in [2.05, 4.69) is 6.92 Å². The number of hydrogen-bond acceptors (Lipinski definition) is 3. The first-order valence-electron chi connectivity index (χ1n) is 5.26. The maximum Gasteiger partial charge on any atom is 0.246 e. The lowest BCUT2D eigenvalue weighted by Gasteiger charge is -2.28. The maximum atomic E-state index is 11.5. The van der Waals surface area contributed by atoms with Gasteiger partial charge < -0.3 is 5.73 Å². The largest absolute Gasteiger partial charge is 0.320 e. The molecule has 1 heterocycles. The first-order valence-corrected chi connectivity index (χ1v) is 5.26. The van der Waals surface area contributed by atoms with Crippen molar-refractivity contribution in [2.45, 2.75) is 45.1 Å². The van der Waals surface area contributed by atoms with Crippen LogP contribution in [0.1, 0.15) is 39.0 Å². The molecule has 1 unspecified atom stereocenters. The predicted molar refractivity (Wildman–Crippen MR) is 53.5 cm³/mol. The number of unbranched alkanes of at least 4 members (excludes halogenated alkanes) is 2. The van der Waals surface area contributed by atoms with Crippen LogP contribution in [0.4, 0.5) is 0 Å². The second-order valence-corrected chi connectivity index (χ2v) is 3.74. The smallest absolute Gasteiger partial charge is 0.246 e. The van der Waals surface area contributed by atoms with Crippen molar-refractivity contribution in [2.75, 3.05) is 6.54 Å². The summed E-state index contributed by atoms with van der Waals surface area (Å²) < 4.78 is 0. The Kier molecular flexibility index (Phi) is 4.07. The van der Waals surface area contributed by atoms with Crippen LogP contribution < -0.4 is 5.73 Å². The Morgan fingerprint density at radius 3 is 2.79 bits per heavy atom. The van der Waals surface area contributed by atoms with E-state index in [1.54, 1.807) is 0 Å². The first-order chi connectivity index (χ1) is 6.66.